The van der Waals surface area contributed by atoms with Crippen molar-refractivity contribution in [3.63, 3.8) is 0 Å². The average molecular weight is 312 g/mol. The van der Waals surface area contributed by atoms with Crippen LogP contribution in [-0.4, -0.2) is 5.24 Å². The summed E-state index contributed by atoms with van der Waals surface area (Å²) in [5.41, 5.74) is 1.59. The highest BCUT2D eigenvalue weighted by Gasteiger charge is 2.10. The van der Waals surface area contributed by atoms with E-state index in [1.54, 1.807) is 18.2 Å². The molecule has 1 N–H and O–H groups in total. The summed E-state index contributed by atoms with van der Waals surface area (Å²) in [6, 6.07) is 12.8. The molecule has 0 spiro atoms. The van der Waals surface area contributed by atoms with Gasteiger partial charge in [0.1, 0.15) is 0 Å². The summed E-state index contributed by atoms with van der Waals surface area (Å²) in [5, 5.41) is 3.32. The van der Waals surface area contributed by atoms with Crippen molar-refractivity contribution >= 4 is 45.9 Å². The fourth-order valence-electron chi connectivity index (χ4n) is 1.46. The van der Waals surface area contributed by atoms with Gasteiger partial charge in [0, 0.05) is 4.90 Å². The summed E-state index contributed by atoms with van der Waals surface area (Å²) >= 11 is 13.1. The van der Waals surface area contributed by atoms with Crippen LogP contribution in [0.25, 0.3) is 0 Å². The molecule has 0 heterocycles. The first-order valence-corrected chi connectivity index (χ1v) is 7.13. The maximum Gasteiger partial charge on any atom is 0.288 e. The van der Waals surface area contributed by atoms with Crippen LogP contribution >= 0.6 is 35.0 Å². The highest BCUT2D eigenvalue weighted by Crippen LogP contribution is 2.31. The van der Waals surface area contributed by atoms with Gasteiger partial charge < -0.3 is 5.32 Å². The molecule has 0 fully saturated rings. The van der Waals surface area contributed by atoms with E-state index in [4.69, 9.17) is 23.2 Å². The summed E-state index contributed by atoms with van der Waals surface area (Å²) in [6.07, 6.45) is 0. The second kappa shape index (κ2) is 6.33. The molecule has 0 bridgehead atoms. The number of rotatable bonds is 2. The highest BCUT2D eigenvalue weighted by atomic mass is 35.5. The third-order valence-electron chi connectivity index (χ3n) is 2.42. The van der Waals surface area contributed by atoms with Gasteiger partial charge in [-0.2, -0.15) is 0 Å². The number of amides is 1. The number of anilines is 1. The molecule has 2 aromatic carbocycles. The van der Waals surface area contributed by atoms with Crippen LogP contribution in [0.4, 0.5) is 10.5 Å². The van der Waals surface area contributed by atoms with E-state index < -0.39 is 0 Å². The molecule has 0 unspecified atom stereocenters. The second-order valence-electron chi connectivity index (χ2n) is 3.92. The van der Waals surface area contributed by atoms with Crippen molar-refractivity contribution in [2.24, 2.45) is 0 Å². The average Bonchev–Trinajstić information content (AvgIpc) is 2.37. The predicted octanol–water partition coefficient (Wildman–Crippen LogP) is 5.63. The molecule has 2 aromatic rings. The Balaban J connectivity index is 2.07. The smallest absolute Gasteiger partial charge is 0.288 e. The maximum absolute atomic E-state index is 11.9. The number of aryl methyl sites for hydroxylation is 1. The fourth-order valence-corrected chi connectivity index (χ4v) is 2.59. The van der Waals surface area contributed by atoms with E-state index in [9.17, 15) is 4.79 Å². The van der Waals surface area contributed by atoms with Crippen LogP contribution in [0.1, 0.15) is 5.56 Å². The Bertz CT molecular complexity index is 579. The third-order valence-corrected chi connectivity index (χ3v) is 3.85. The number of hydrogen-bond acceptors (Lipinski definition) is 2. The van der Waals surface area contributed by atoms with E-state index in [2.05, 4.69) is 5.32 Å². The lowest BCUT2D eigenvalue weighted by Crippen LogP contribution is -2.05. The zero-order valence-corrected chi connectivity index (χ0v) is 12.4. The molecule has 1 amide bonds. The van der Waals surface area contributed by atoms with Crippen LogP contribution in [0.15, 0.2) is 47.4 Å². The molecule has 0 aliphatic rings. The van der Waals surface area contributed by atoms with Gasteiger partial charge in [-0.15, -0.1) is 0 Å². The number of benzene rings is 2. The highest BCUT2D eigenvalue weighted by molar-refractivity contribution is 8.13. The van der Waals surface area contributed by atoms with Gasteiger partial charge in [0.25, 0.3) is 5.24 Å². The van der Waals surface area contributed by atoms with Gasteiger partial charge in [0.2, 0.25) is 0 Å². The topological polar surface area (TPSA) is 29.1 Å². The van der Waals surface area contributed by atoms with Crippen LogP contribution in [0.3, 0.4) is 0 Å². The Morgan fingerprint density at radius 1 is 1.05 bits per heavy atom. The standard InChI is InChI=1S/C14H11Cl2NOS/c1-9-5-7-10(8-6-9)19-14(18)17-13-11(15)3-2-4-12(13)16/h2-8H,1H3,(H,17,18). The van der Waals surface area contributed by atoms with Gasteiger partial charge in [0.05, 0.1) is 15.7 Å². The van der Waals surface area contributed by atoms with E-state index in [0.29, 0.717) is 15.7 Å². The monoisotopic (exact) mass is 311 g/mol. The van der Waals surface area contributed by atoms with Crippen molar-refractivity contribution in [1.82, 2.24) is 0 Å². The van der Waals surface area contributed by atoms with E-state index in [1.165, 1.54) is 0 Å². The van der Waals surface area contributed by atoms with Crippen molar-refractivity contribution in [2.45, 2.75) is 11.8 Å². The maximum atomic E-state index is 11.9. The summed E-state index contributed by atoms with van der Waals surface area (Å²) in [7, 11) is 0. The summed E-state index contributed by atoms with van der Waals surface area (Å²) in [5.74, 6) is 0. The summed E-state index contributed by atoms with van der Waals surface area (Å²) < 4.78 is 0. The summed E-state index contributed by atoms with van der Waals surface area (Å²) in [6.45, 7) is 2.00. The molecule has 5 heteroatoms. The Morgan fingerprint density at radius 2 is 1.63 bits per heavy atom. The minimum atomic E-state index is -0.223. The number of para-hydroxylation sites is 1. The minimum absolute atomic E-state index is 0.223. The fraction of sp³-hybridized carbons (Fsp3) is 0.0714. The van der Waals surface area contributed by atoms with Gasteiger partial charge in [-0.25, -0.2) is 0 Å². The number of carbonyl (C=O) groups excluding carboxylic acids is 1. The van der Waals surface area contributed by atoms with Crippen molar-refractivity contribution < 1.29 is 4.79 Å². The van der Waals surface area contributed by atoms with E-state index in [-0.39, 0.29) is 5.24 Å². The van der Waals surface area contributed by atoms with Gasteiger partial charge in [-0.05, 0) is 43.0 Å². The van der Waals surface area contributed by atoms with Crippen LogP contribution < -0.4 is 5.32 Å². The van der Waals surface area contributed by atoms with Crippen molar-refractivity contribution in [3.8, 4) is 0 Å². The lowest BCUT2D eigenvalue weighted by atomic mass is 10.2. The lowest BCUT2D eigenvalue weighted by Gasteiger charge is -2.08. The molecule has 98 valence electrons. The molecule has 0 saturated carbocycles. The molecule has 2 nitrogen and oxygen atoms in total. The number of nitrogens with one attached hydrogen (secondary N) is 1. The Labute approximate surface area is 126 Å². The molecule has 0 aliphatic carbocycles. The van der Waals surface area contributed by atoms with Crippen LogP contribution in [-0.2, 0) is 0 Å². The van der Waals surface area contributed by atoms with Gasteiger partial charge in [-0.3, -0.25) is 4.79 Å². The zero-order chi connectivity index (χ0) is 13.8. The lowest BCUT2D eigenvalue weighted by molar-refractivity contribution is 0.270. The van der Waals surface area contributed by atoms with Crippen molar-refractivity contribution in [1.29, 1.82) is 0 Å². The van der Waals surface area contributed by atoms with Crippen molar-refractivity contribution in [2.75, 3.05) is 5.32 Å². The van der Waals surface area contributed by atoms with Crippen LogP contribution in [0.5, 0.6) is 0 Å². The molecule has 0 radical (unpaired) electrons. The molecular formula is C14H11Cl2NOS. The minimum Gasteiger partial charge on any atom is -0.314 e. The third kappa shape index (κ3) is 3.90. The largest absolute Gasteiger partial charge is 0.314 e. The number of hydrogen-bond donors (Lipinski definition) is 1. The molecular weight excluding hydrogens is 301 g/mol. The molecule has 2 rings (SSSR count). The second-order valence-corrected chi connectivity index (χ2v) is 5.78. The Morgan fingerprint density at radius 3 is 2.21 bits per heavy atom. The summed E-state index contributed by atoms with van der Waals surface area (Å²) in [4.78, 5) is 12.8. The molecule has 0 atom stereocenters. The Hall–Kier alpha value is -1.16. The first-order valence-electron chi connectivity index (χ1n) is 5.56. The SMILES string of the molecule is Cc1ccc(SC(=O)Nc2c(Cl)cccc2Cl)cc1. The van der Waals surface area contributed by atoms with Crippen LogP contribution in [0.2, 0.25) is 10.0 Å². The normalized spacial score (nSPS) is 10.3. The van der Waals surface area contributed by atoms with E-state index in [0.717, 1.165) is 22.2 Å². The first kappa shape index (κ1) is 14.3. The molecule has 0 saturated heterocycles. The molecule has 19 heavy (non-hydrogen) atoms. The Kier molecular flexibility index (Phi) is 4.75. The first-order chi connectivity index (χ1) is 9.06. The van der Waals surface area contributed by atoms with Gasteiger partial charge in [0.15, 0.2) is 0 Å². The zero-order valence-electron chi connectivity index (χ0n) is 10.1. The van der Waals surface area contributed by atoms with Gasteiger partial charge in [-0.1, -0.05) is 47.0 Å². The number of carbonyl (C=O) groups is 1. The molecule has 0 aromatic heterocycles. The van der Waals surface area contributed by atoms with E-state index in [1.807, 2.05) is 31.2 Å². The van der Waals surface area contributed by atoms with Crippen LogP contribution in [0, 0.1) is 6.92 Å². The van der Waals surface area contributed by atoms with Crippen molar-refractivity contribution in [3.05, 3.63) is 58.1 Å². The predicted molar refractivity (Wildman–Crippen MR) is 82.5 cm³/mol. The quantitative estimate of drug-likeness (QED) is 0.729. The van der Waals surface area contributed by atoms with Gasteiger partial charge >= 0.3 is 0 Å². The molecule has 0 aliphatic heterocycles. The number of halogens is 2. The number of thioether (sulfide) groups is 1. The van der Waals surface area contributed by atoms with E-state index >= 15 is 0 Å².